The summed E-state index contributed by atoms with van der Waals surface area (Å²) in [5.41, 5.74) is 10.7. The summed E-state index contributed by atoms with van der Waals surface area (Å²) in [4.78, 5) is 14.8. The van der Waals surface area contributed by atoms with E-state index in [1.165, 1.54) is 0 Å². The molecule has 132 valence electrons. The predicted molar refractivity (Wildman–Crippen MR) is 98.7 cm³/mol. The molecule has 1 aromatic carbocycles. The summed E-state index contributed by atoms with van der Waals surface area (Å²) in [6.45, 7) is 2.45. The van der Waals surface area contributed by atoms with Crippen LogP contribution in [0.25, 0.3) is 21.7 Å². The van der Waals surface area contributed by atoms with Crippen LogP contribution < -0.4 is 5.73 Å². The highest BCUT2D eigenvalue weighted by molar-refractivity contribution is 7.13. The molecule has 7 nitrogen and oxygen atoms in total. The molecule has 0 spiro atoms. The van der Waals surface area contributed by atoms with Crippen LogP contribution in [0.2, 0.25) is 0 Å². The predicted octanol–water partition coefficient (Wildman–Crippen LogP) is 3.24. The van der Waals surface area contributed by atoms with Crippen molar-refractivity contribution in [1.29, 1.82) is 0 Å². The van der Waals surface area contributed by atoms with E-state index in [1.807, 2.05) is 30.6 Å². The first-order valence-corrected chi connectivity index (χ1v) is 9.50. The second-order valence-corrected chi connectivity index (χ2v) is 7.65. The molecule has 0 atom stereocenters. The van der Waals surface area contributed by atoms with E-state index in [-0.39, 0.29) is 0 Å². The van der Waals surface area contributed by atoms with Gasteiger partial charge in [-0.2, -0.15) is 4.98 Å². The number of nitrogens with two attached hydrogens (primary N) is 1. The molecule has 0 bridgehead atoms. The van der Waals surface area contributed by atoms with E-state index in [9.17, 15) is 0 Å². The molecule has 26 heavy (non-hydrogen) atoms. The first-order valence-electron chi connectivity index (χ1n) is 8.62. The highest BCUT2D eigenvalue weighted by atomic mass is 32.1. The number of thiazole rings is 1. The van der Waals surface area contributed by atoms with E-state index in [2.05, 4.69) is 25.8 Å². The Hall–Kier alpha value is -2.58. The molecule has 0 amide bonds. The lowest BCUT2D eigenvalue weighted by atomic mass is 9.77. The summed E-state index contributed by atoms with van der Waals surface area (Å²) in [6.07, 6.45) is 2.93. The van der Waals surface area contributed by atoms with Crippen molar-refractivity contribution < 1.29 is 4.52 Å². The lowest BCUT2D eigenvalue weighted by molar-refractivity contribution is 0.229. The van der Waals surface area contributed by atoms with Crippen LogP contribution in [-0.4, -0.2) is 24.7 Å². The van der Waals surface area contributed by atoms with Crippen LogP contribution in [0.3, 0.4) is 0 Å². The molecule has 3 aromatic heterocycles. The van der Waals surface area contributed by atoms with Crippen molar-refractivity contribution in [3.63, 3.8) is 0 Å². The van der Waals surface area contributed by atoms with E-state index in [0.717, 1.165) is 46.7 Å². The fourth-order valence-electron chi connectivity index (χ4n) is 3.36. The topological polar surface area (TPSA) is 95.7 Å². The second kappa shape index (κ2) is 5.72. The van der Waals surface area contributed by atoms with Crippen LogP contribution in [0.5, 0.6) is 0 Å². The lowest BCUT2D eigenvalue weighted by Gasteiger charge is -2.34. The van der Waals surface area contributed by atoms with Crippen molar-refractivity contribution in [2.24, 2.45) is 5.73 Å². The Morgan fingerprint density at radius 3 is 2.85 bits per heavy atom. The number of hydrogen-bond acceptors (Lipinski definition) is 7. The number of aromatic nitrogens is 5. The maximum Gasteiger partial charge on any atom is 0.246 e. The number of hydrogen-bond donors (Lipinski definition) is 1. The number of aryl methyl sites for hydroxylation is 1. The summed E-state index contributed by atoms with van der Waals surface area (Å²) >= 11 is 1.58. The Bertz CT molecular complexity index is 1090. The summed E-state index contributed by atoms with van der Waals surface area (Å²) in [5.74, 6) is 2.03. The first kappa shape index (κ1) is 15.7. The minimum absolute atomic E-state index is 0.421. The van der Waals surface area contributed by atoms with Gasteiger partial charge >= 0.3 is 0 Å². The van der Waals surface area contributed by atoms with Crippen LogP contribution in [0, 0.1) is 6.92 Å². The zero-order valence-electron chi connectivity index (χ0n) is 14.3. The van der Waals surface area contributed by atoms with Gasteiger partial charge < -0.3 is 14.8 Å². The molecule has 1 saturated carbocycles. The molecule has 1 aliphatic carbocycles. The lowest BCUT2D eigenvalue weighted by Crippen LogP contribution is -2.44. The normalized spacial score (nSPS) is 16.1. The maximum absolute atomic E-state index is 6.32. The highest BCUT2D eigenvalue weighted by Crippen LogP contribution is 2.37. The maximum atomic E-state index is 6.32. The minimum Gasteiger partial charge on any atom is -0.337 e. The Kier molecular flexibility index (Phi) is 3.44. The average molecular weight is 366 g/mol. The number of imidazole rings is 1. The monoisotopic (exact) mass is 366 g/mol. The largest absolute Gasteiger partial charge is 0.337 e. The van der Waals surface area contributed by atoms with Gasteiger partial charge in [-0.15, -0.1) is 11.3 Å². The molecule has 5 rings (SSSR count). The van der Waals surface area contributed by atoms with Gasteiger partial charge in [0.1, 0.15) is 6.54 Å². The molecule has 1 fully saturated rings. The Morgan fingerprint density at radius 2 is 2.12 bits per heavy atom. The number of rotatable bonds is 4. The van der Waals surface area contributed by atoms with Crippen LogP contribution in [0.1, 0.15) is 36.7 Å². The molecule has 1 aliphatic rings. The molecule has 0 saturated heterocycles. The van der Waals surface area contributed by atoms with Gasteiger partial charge in [0.25, 0.3) is 0 Å². The van der Waals surface area contributed by atoms with Gasteiger partial charge in [0.05, 0.1) is 32.7 Å². The second-order valence-electron chi connectivity index (χ2n) is 6.80. The third-order valence-corrected chi connectivity index (χ3v) is 5.98. The van der Waals surface area contributed by atoms with Crippen LogP contribution >= 0.6 is 11.3 Å². The van der Waals surface area contributed by atoms with E-state index >= 15 is 0 Å². The van der Waals surface area contributed by atoms with Gasteiger partial charge in [-0.25, -0.2) is 9.97 Å². The van der Waals surface area contributed by atoms with Crippen LogP contribution in [-0.2, 0) is 12.1 Å². The molecule has 0 radical (unpaired) electrons. The summed E-state index contributed by atoms with van der Waals surface area (Å²) < 4.78 is 7.62. The van der Waals surface area contributed by atoms with E-state index in [1.54, 1.807) is 11.3 Å². The Labute approximate surface area is 153 Å². The molecule has 0 unspecified atom stereocenters. The third-order valence-electron chi connectivity index (χ3n) is 5.06. The third kappa shape index (κ3) is 2.37. The van der Waals surface area contributed by atoms with Gasteiger partial charge in [0, 0.05) is 0 Å². The van der Waals surface area contributed by atoms with Crippen molar-refractivity contribution in [3.8, 4) is 10.7 Å². The van der Waals surface area contributed by atoms with Crippen molar-refractivity contribution in [3.05, 3.63) is 47.2 Å². The number of benzene rings is 1. The molecule has 3 heterocycles. The Balaban J connectivity index is 1.59. The van der Waals surface area contributed by atoms with Gasteiger partial charge in [0.15, 0.2) is 11.6 Å². The molecule has 2 N–H and O–H groups in total. The zero-order valence-corrected chi connectivity index (χ0v) is 15.2. The van der Waals surface area contributed by atoms with E-state index < -0.39 is 5.54 Å². The SMILES string of the molecule is Cc1ncsc1-c1nc2ccccc2n1Cc1nc(C2(N)CCC2)no1. The summed E-state index contributed by atoms with van der Waals surface area (Å²) in [7, 11) is 0. The van der Waals surface area contributed by atoms with Crippen molar-refractivity contribution in [1.82, 2.24) is 24.7 Å². The molecule has 4 aromatic rings. The zero-order chi connectivity index (χ0) is 17.7. The number of fused-ring (bicyclic) bond motifs is 1. The van der Waals surface area contributed by atoms with Crippen molar-refractivity contribution in [2.75, 3.05) is 0 Å². The molecular weight excluding hydrogens is 348 g/mol. The molecule has 0 aliphatic heterocycles. The number of para-hydroxylation sites is 2. The highest BCUT2D eigenvalue weighted by Gasteiger charge is 2.39. The fourth-order valence-corrected chi connectivity index (χ4v) is 4.16. The Morgan fingerprint density at radius 1 is 1.27 bits per heavy atom. The van der Waals surface area contributed by atoms with Gasteiger partial charge in [-0.1, -0.05) is 17.3 Å². The average Bonchev–Trinajstić information content (AvgIpc) is 3.32. The molecular formula is C18H18N6OS. The van der Waals surface area contributed by atoms with Gasteiger partial charge in [-0.05, 0) is 38.3 Å². The fraction of sp³-hybridized carbons (Fsp3) is 0.333. The summed E-state index contributed by atoms with van der Waals surface area (Å²) in [6, 6.07) is 8.05. The first-order chi connectivity index (χ1) is 12.6. The van der Waals surface area contributed by atoms with Gasteiger partial charge in [-0.3, -0.25) is 0 Å². The number of nitrogens with zero attached hydrogens (tertiary/aromatic N) is 5. The van der Waals surface area contributed by atoms with E-state index in [0.29, 0.717) is 18.3 Å². The quantitative estimate of drug-likeness (QED) is 0.596. The minimum atomic E-state index is -0.421. The molecule has 8 heteroatoms. The van der Waals surface area contributed by atoms with Crippen LogP contribution in [0.4, 0.5) is 0 Å². The van der Waals surface area contributed by atoms with Crippen molar-refractivity contribution in [2.45, 2.75) is 38.3 Å². The van der Waals surface area contributed by atoms with Crippen LogP contribution in [0.15, 0.2) is 34.3 Å². The van der Waals surface area contributed by atoms with Gasteiger partial charge in [0.2, 0.25) is 5.89 Å². The standard InChI is InChI=1S/C18H18N6OS/c1-11-15(26-10-20-11)16-21-12-5-2-3-6-13(12)24(16)9-14-22-17(23-25-14)18(19)7-4-8-18/h2-3,5-6,10H,4,7-9,19H2,1H3. The smallest absolute Gasteiger partial charge is 0.246 e. The summed E-state index contributed by atoms with van der Waals surface area (Å²) in [5, 5.41) is 4.13. The van der Waals surface area contributed by atoms with Crippen molar-refractivity contribution >= 4 is 22.4 Å². The van der Waals surface area contributed by atoms with E-state index in [4.69, 9.17) is 15.2 Å².